The van der Waals surface area contributed by atoms with Crippen LogP contribution in [0.5, 0.6) is 6.01 Å². The van der Waals surface area contributed by atoms with Crippen molar-refractivity contribution in [3.8, 4) is 17.5 Å². The number of hydrogen-bond donors (Lipinski definition) is 3. The molecule has 17 nitrogen and oxygen atoms in total. The van der Waals surface area contributed by atoms with Crippen molar-refractivity contribution < 1.29 is 41.5 Å². The van der Waals surface area contributed by atoms with Gasteiger partial charge in [0.25, 0.3) is 11.9 Å². The van der Waals surface area contributed by atoms with Crippen LogP contribution in [0.1, 0.15) is 118 Å². The largest absolute Gasteiger partial charge is 0.459 e. The number of alkyl carbamates (subject to hydrolysis) is 1. The Hall–Kier alpha value is -4.97. The standard InChI is InChI=1S/C43H62N8O9S/c1-25(2)51-31-21-17-19-29(36-46-34(26(3)58-36)41(4,5)6)33(31)45-39(51)59-28-22-32-35(52)47-43(38(54)48-61(56,57)49(10)11)23-27(43)18-15-13-12-14-16-20-30(37(53)50(32)24-28)44-40(55)60-42(7,8)9/h15,17-19,21,25,27-28,30,32H,12-14,16,20,22-24H2,1-11H3,(H,44,55)(H,47,52)(H,48,54)/b18-15-/t27-,28-,30+,32+,43-/m1/s1. The first kappa shape index (κ1) is 45.6. The molecule has 2 fully saturated rings. The van der Waals surface area contributed by atoms with E-state index >= 15 is 0 Å². The summed E-state index contributed by atoms with van der Waals surface area (Å²) in [6.07, 6.45) is 5.48. The van der Waals surface area contributed by atoms with Gasteiger partial charge in [0.2, 0.25) is 17.7 Å². The van der Waals surface area contributed by atoms with E-state index in [2.05, 4.69) is 36.1 Å². The fourth-order valence-electron chi connectivity index (χ4n) is 8.12. The normalized spacial score (nSPS) is 24.7. The first-order valence-corrected chi connectivity index (χ1v) is 22.5. The molecule has 1 aromatic carbocycles. The Morgan fingerprint density at radius 3 is 2.43 bits per heavy atom. The van der Waals surface area contributed by atoms with Gasteiger partial charge in [0.05, 0.1) is 23.3 Å². The van der Waals surface area contributed by atoms with Crippen LogP contribution in [0.25, 0.3) is 22.5 Å². The van der Waals surface area contributed by atoms with E-state index < -0.39 is 69.3 Å². The molecule has 1 aliphatic carbocycles. The predicted molar refractivity (Wildman–Crippen MR) is 229 cm³/mol. The molecule has 18 heteroatoms. The highest BCUT2D eigenvalue weighted by atomic mass is 32.2. The van der Waals surface area contributed by atoms with E-state index in [9.17, 15) is 27.6 Å². The Labute approximate surface area is 358 Å². The van der Waals surface area contributed by atoms with Crippen LogP contribution < -0.4 is 20.1 Å². The van der Waals surface area contributed by atoms with Crippen molar-refractivity contribution in [2.24, 2.45) is 5.92 Å². The Bertz CT molecular complexity index is 2300. The number of ether oxygens (including phenoxy) is 2. The van der Waals surface area contributed by atoms with E-state index in [1.807, 2.05) is 55.7 Å². The summed E-state index contributed by atoms with van der Waals surface area (Å²) in [5.41, 5.74) is 0.234. The number of para-hydroxylation sites is 1. The van der Waals surface area contributed by atoms with Crippen molar-refractivity contribution in [1.82, 2.24) is 39.1 Å². The van der Waals surface area contributed by atoms with E-state index in [1.165, 1.54) is 19.0 Å². The monoisotopic (exact) mass is 866 g/mol. The molecule has 1 saturated carbocycles. The molecule has 3 aliphatic rings. The second-order valence-electron chi connectivity index (χ2n) is 18.9. The number of nitrogens with one attached hydrogen (secondary N) is 3. The third kappa shape index (κ3) is 9.90. The van der Waals surface area contributed by atoms with Crippen LogP contribution in [0.4, 0.5) is 4.79 Å². The predicted octanol–water partition coefficient (Wildman–Crippen LogP) is 5.44. The summed E-state index contributed by atoms with van der Waals surface area (Å²) >= 11 is 0. The van der Waals surface area contributed by atoms with Gasteiger partial charge < -0.3 is 29.4 Å². The Morgan fingerprint density at radius 2 is 1.79 bits per heavy atom. The molecule has 0 unspecified atom stereocenters. The van der Waals surface area contributed by atoms with Crippen LogP contribution in [0.15, 0.2) is 34.8 Å². The van der Waals surface area contributed by atoms with E-state index in [-0.39, 0.29) is 36.9 Å². The van der Waals surface area contributed by atoms with Gasteiger partial charge in [-0.2, -0.15) is 17.7 Å². The van der Waals surface area contributed by atoms with E-state index in [0.29, 0.717) is 42.0 Å². The molecule has 3 aromatic rings. The molecule has 6 rings (SSSR count). The number of rotatable bonds is 8. The minimum absolute atomic E-state index is 0.00691. The summed E-state index contributed by atoms with van der Waals surface area (Å²) in [4.78, 5) is 67.5. The van der Waals surface area contributed by atoms with Gasteiger partial charge in [-0.1, -0.05) is 51.8 Å². The van der Waals surface area contributed by atoms with Crippen molar-refractivity contribution in [3.63, 3.8) is 0 Å². The number of aryl methyl sites for hydroxylation is 1. The Balaban J connectivity index is 1.37. The molecule has 2 aliphatic heterocycles. The maximum Gasteiger partial charge on any atom is 0.408 e. The van der Waals surface area contributed by atoms with Crippen molar-refractivity contribution in [3.05, 3.63) is 41.8 Å². The van der Waals surface area contributed by atoms with Crippen molar-refractivity contribution >= 4 is 45.1 Å². The van der Waals surface area contributed by atoms with Crippen molar-refractivity contribution in [2.75, 3.05) is 20.6 Å². The van der Waals surface area contributed by atoms with E-state index in [1.54, 1.807) is 20.8 Å². The van der Waals surface area contributed by atoms with E-state index in [0.717, 1.165) is 28.4 Å². The highest BCUT2D eigenvalue weighted by Crippen LogP contribution is 2.46. The fraction of sp³-hybridized carbons (Fsp3) is 0.628. The first-order chi connectivity index (χ1) is 28.4. The molecule has 3 N–H and O–H groups in total. The number of carbonyl (C=O) groups excluding carboxylic acids is 4. The number of aromatic nitrogens is 3. The second-order valence-corrected chi connectivity index (χ2v) is 20.8. The quantitative estimate of drug-likeness (QED) is 0.243. The lowest BCUT2D eigenvalue weighted by molar-refractivity contribution is -0.141. The average Bonchev–Trinajstić information content (AvgIpc) is 3.43. The SMILES string of the molecule is Cc1oc(-c2cccc3c2nc(O[C@@H]2C[C@H]4C(=O)N[C@]5(C(=O)NS(=O)(=O)N(C)C)C[C@H]5/C=C\CCCCC[C@H](NC(=O)OC(C)(C)C)C(=O)N4C2)n3C(C)C)nc1C(C)(C)C. The van der Waals surface area contributed by atoms with Gasteiger partial charge in [0, 0.05) is 37.9 Å². The highest BCUT2D eigenvalue weighted by Gasteiger charge is 2.62. The lowest BCUT2D eigenvalue weighted by atomic mass is 9.91. The third-order valence-electron chi connectivity index (χ3n) is 11.3. The van der Waals surface area contributed by atoms with Crippen LogP contribution in [0.2, 0.25) is 0 Å². The van der Waals surface area contributed by atoms with Gasteiger partial charge in [0.1, 0.15) is 40.6 Å². The molecular weight excluding hydrogens is 805 g/mol. The molecule has 1 saturated heterocycles. The van der Waals surface area contributed by atoms with Gasteiger partial charge >= 0.3 is 16.3 Å². The molecule has 4 amide bonds. The Kier molecular flexibility index (Phi) is 12.7. The van der Waals surface area contributed by atoms with Gasteiger partial charge in [-0.15, -0.1) is 0 Å². The van der Waals surface area contributed by atoms with Gasteiger partial charge in [-0.25, -0.2) is 14.5 Å². The summed E-state index contributed by atoms with van der Waals surface area (Å²) in [5, 5.41) is 5.63. The number of hydrogen-bond acceptors (Lipinski definition) is 11. The zero-order chi connectivity index (χ0) is 44.8. The maximum absolute atomic E-state index is 14.7. The average molecular weight is 867 g/mol. The third-order valence-corrected chi connectivity index (χ3v) is 12.7. The molecule has 0 radical (unpaired) electrons. The second kappa shape index (κ2) is 17.1. The molecule has 4 heterocycles. The van der Waals surface area contributed by atoms with Crippen molar-refractivity contribution in [2.45, 2.75) is 148 Å². The summed E-state index contributed by atoms with van der Waals surface area (Å²) in [7, 11) is -1.60. The number of allylic oxidation sites excluding steroid dienone is 1. The number of amides is 4. The zero-order valence-electron chi connectivity index (χ0n) is 37.2. The molecule has 5 atom stereocenters. The topological polar surface area (TPSA) is 207 Å². The first-order valence-electron chi connectivity index (χ1n) is 21.1. The summed E-state index contributed by atoms with van der Waals surface area (Å²) in [6.45, 7) is 17.2. The molecular formula is C43H62N8O9S. The Morgan fingerprint density at radius 1 is 1.07 bits per heavy atom. The number of nitrogens with zero attached hydrogens (tertiary/aromatic N) is 5. The minimum Gasteiger partial charge on any atom is -0.459 e. The fourth-order valence-corrected chi connectivity index (χ4v) is 8.72. The summed E-state index contributed by atoms with van der Waals surface area (Å²) in [6, 6.07) is 3.67. The highest BCUT2D eigenvalue weighted by molar-refractivity contribution is 7.87. The zero-order valence-corrected chi connectivity index (χ0v) is 38.1. The molecule has 334 valence electrons. The molecule has 0 bridgehead atoms. The van der Waals surface area contributed by atoms with Crippen LogP contribution >= 0.6 is 0 Å². The number of benzene rings is 1. The van der Waals surface area contributed by atoms with E-state index in [4.69, 9.17) is 23.9 Å². The lowest BCUT2D eigenvalue weighted by Crippen LogP contribution is -2.58. The van der Waals surface area contributed by atoms with Gasteiger partial charge in [-0.05, 0) is 79.4 Å². The number of imidazole rings is 1. The summed E-state index contributed by atoms with van der Waals surface area (Å²) in [5.74, 6) is -1.39. The molecule has 0 spiro atoms. The van der Waals surface area contributed by atoms with Crippen LogP contribution in [-0.4, -0.2) is 106 Å². The lowest BCUT2D eigenvalue weighted by Gasteiger charge is -2.30. The minimum atomic E-state index is -4.19. The number of oxazole rings is 1. The molecule has 2 aromatic heterocycles. The number of fused-ring (bicyclic) bond motifs is 3. The van der Waals surface area contributed by atoms with Crippen LogP contribution in [-0.2, 0) is 34.7 Å². The van der Waals surface area contributed by atoms with Crippen molar-refractivity contribution in [1.29, 1.82) is 0 Å². The van der Waals surface area contributed by atoms with Crippen LogP contribution in [0, 0.1) is 12.8 Å². The molecule has 61 heavy (non-hydrogen) atoms. The summed E-state index contributed by atoms with van der Waals surface area (Å²) < 4.78 is 49.0. The smallest absolute Gasteiger partial charge is 0.408 e. The maximum atomic E-state index is 14.7. The van der Waals surface area contributed by atoms with Crippen LogP contribution in [0.3, 0.4) is 0 Å². The van der Waals surface area contributed by atoms with Gasteiger partial charge in [0.15, 0.2) is 0 Å². The van der Waals surface area contributed by atoms with Gasteiger partial charge in [-0.3, -0.25) is 19.0 Å². The number of carbonyl (C=O) groups is 4.